The van der Waals surface area contributed by atoms with Crippen LogP contribution >= 0.6 is 11.6 Å². The largest absolute Gasteiger partial charge is 0.352 e. The second kappa shape index (κ2) is 5.28. The van der Waals surface area contributed by atoms with Crippen LogP contribution in [0.5, 0.6) is 0 Å². The van der Waals surface area contributed by atoms with E-state index in [-0.39, 0.29) is 11.9 Å². The van der Waals surface area contributed by atoms with Crippen molar-refractivity contribution in [3.05, 3.63) is 16.4 Å². The molecule has 5 nitrogen and oxygen atoms in total. The molecule has 1 atom stereocenters. The van der Waals surface area contributed by atoms with Gasteiger partial charge in [0.05, 0.1) is 22.5 Å². The van der Waals surface area contributed by atoms with Gasteiger partial charge >= 0.3 is 0 Å². The van der Waals surface area contributed by atoms with Crippen LogP contribution in [0.3, 0.4) is 0 Å². The molecule has 0 aliphatic heterocycles. The van der Waals surface area contributed by atoms with Gasteiger partial charge in [0.25, 0.3) is 0 Å². The number of rotatable bonds is 5. The zero-order valence-corrected chi connectivity index (χ0v) is 11.7. The summed E-state index contributed by atoms with van der Waals surface area (Å²) < 4.78 is 1.75. The highest BCUT2D eigenvalue weighted by atomic mass is 35.5. The minimum Gasteiger partial charge on any atom is -0.352 e. The van der Waals surface area contributed by atoms with Crippen LogP contribution in [0.1, 0.15) is 31.2 Å². The van der Waals surface area contributed by atoms with Gasteiger partial charge in [0.15, 0.2) is 0 Å². The number of carbonyl (C=O) groups is 1. The quantitative estimate of drug-likeness (QED) is 0.844. The zero-order valence-electron chi connectivity index (χ0n) is 11.0. The average Bonchev–Trinajstić information content (AvgIpc) is 3.08. The van der Waals surface area contributed by atoms with E-state index in [1.165, 1.54) is 0 Å². The maximum Gasteiger partial charge on any atom is 0.237 e. The Morgan fingerprint density at radius 3 is 2.78 bits per heavy atom. The number of nitrogens with zero attached hydrogens (tertiary/aromatic N) is 2. The number of aromatic nitrogens is 2. The monoisotopic (exact) mass is 270 g/mol. The molecule has 1 heterocycles. The van der Waals surface area contributed by atoms with Crippen molar-refractivity contribution in [1.29, 1.82) is 0 Å². The molecule has 2 N–H and O–H groups in total. The second-order valence-electron chi connectivity index (χ2n) is 4.86. The number of halogens is 1. The van der Waals surface area contributed by atoms with Crippen LogP contribution in [0.15, 0.2) is 0 Å². The summed E-state index contributed by atoms with van der Waals surface area (Å²) in [6, 6.07) is 0.168. The number of carbonyl (C=O) groups excluding carboxylic acids is 1. The van der Waals surface area contributed by atoms with Gasteiger partial charge in [-0.25, -0.2) is 0 Å². The van der Waals surface area contributed by atoms with Crippen molar-refractivity contribution in [3.8, 4) is 0 Å². The first-order valence-corrected chi connectivity index (χ1v) is 6.58. The van der Waals surface area contributed by atoms with Crippen LogP contribution in [0.2, 0.25) is 5.02 Å². The molecule has 1 aliphatic rings. The smallest absolute Gasteiger partial charge is 0.237 e. The second-order valence-corrected chi connectivity index (χ2v) is 5.23. The highest BCUT2D eigenvalue weighted by Crippen LogP contribution is 2.20. The highest BCUT2D eigenvalue weighted by Gasteiger charge is 2.25. The van der Waals surface area contributed by atoms with Gasteiger partial charge in [-0.3, -0.25) is 9.48 Å². The van der Waals surface area contributed by atoms with E-state index in [0.29, 0.717) is 17.6 Å². The Labute approximate surface area is 112 Å². The molecule has 1 aliphatic carbocycles. The van der Waals surface area contributed by atoms with Crippen molar-refractivity contribution in [2.75, 3.05) is 0 Å². The van der Waals surface area contributed by atoms with E-state index in [1.54, 1.807) is 4.68 Å². The Morgan fingerprint density at radius 1 is 1.61 bits per heavy atom. The molecule has 2 rings (SSSR count). The molecule has 0 bridgehead atoms. The maximum absolute atomic E-state index is 11.8. The third-order valence-corrected chi connectivity index (χ3v) is 3.65. The molecule has 1 unspecified atom stereocenters. The van der Waals surface area contributed by atoms with E-state index in [0.717, 1.165) is 24.2 Å². The third kappa shape index (κ3) is 3.03. The summed E-state index contributed by atoms with van der Waals surface area (Å²) in [4.78, 5) is 11.8. The average molecular weight is 271 g/mol. The van der Waals surface area contributed by atoms with Crippen LogP contribution in [0, 0.1) is 6.92 Å². The fraction of sp³-hybridized carbons (Fsp3) is 0.667. The van der Waals surface area contributed by atoms with E-state index in [4.69, 9.17) is 11.6 Å². The first kappa shape index (κ1) is 13.4. The van der Waals surface area contributed by atoms with Gasteiger partial charge in [0.2, 0.25) is 5.91 Å². The Balaban J connectivity index is 1.88. The molecule has 1 aromatic heterocycles. The number of nitrogens with one attached hydrogen (secondary N) is 2. The molecule has 18 heavy (non-hydrogen) atoms. The SMILES string of the molecule is Cc1nn(C)c(CNC(C)C(=O)NC2CC2)c1Cl. The zero-order chi connectivity index (χ0) is 13.3. The van der Waals surface area contributed by atoms with Crippen LogP contribution in [0.4, 0.5) is 0 Å². The molecular weight excluding hydrogens is 252 g/mol. The standard InChI is InChI=1S/C12H19ClN4O/c1-7-11(13)10(17(3)16-7)6-14-8(2)12(18)15-9-4-5-9/h8-9,14H,4-6H2,1-3H3,(H,15,18). The summed E-state index contributed by atoms with van der Waals surface area (Å²) in [7, 11) is 1.85. The summed E-state index contributed by atoms with van der Waals surface area (Å²) >= 11 is 6.15. The first-order valence-electron chi connectivity index (χ1n) is 6.20. The Hall–Kier alpha value is -1.07. The molecule has 1 aromatic rings. The van der Waals surface area contributed by atoms with Crippen molar-refractivity contribution in [2.45, 2.75) is 45.3 Å². The normalized spacial score (nSPS) is 16.7. The number of amides is 1. The molecular formula is C12H19ClN4O. The summed E-state index contributed by atoms with van der Waals surface area (Å²) in [6.45, 7) is 4.26. The lowest BCUT2D eigenvalue weighted by Gasteiger charge is -2.14. The minimum atomic E-state index is -0.225. The summed E-state index contributed by atoms with van der Waals surface area (Å²) in [5, 5.41) is 11.0. The molecule has 1 amide bonds. The van der Waals surface area contributed by atoms with E-state index >= 15 is 0 Å². The minimum absolute atomic E-state index is 0.0486. The lowest BCUT2D eigenvalue weighted by Crippen LogP contribution is -2.42. The number of aryl methyl sites for hydroxylation is 2. The fourth-order valence-electron chi connectivity index (χ4n) is 1.77. The predicted molar refractivity (Wildman–Crippen MR) is 70.4 cm³/mol. The lowest BCUT2D eigenvalue weighted by molar-refractivity contribution is -0.122. The van der Waals surface area contributed by atoms with Crippen LogP contribution < -0.4 is 10.6 Å². The fourth-order valence-corrected chi connectivity index (χ4v) is 2.00. The van der Waals surface area contributed by atoms with Gasteiger partial charge in [-0.15, -0.1) is 0 Å². The topological polar surface area (TPSA) is 59.0 Å². The molecule has 0 radical (unpaired) electrons. The van der Waals surface area contributed by atoms with Gasteiger partial charge in [0.1, 0.15) is 0 Å². The van der Waals surface area contributed by atoms with E-state index in [9.17, 15) is 4.79 Å². The van der Waals surface area contributed by atoms with E-state index in [1.807, 2.05) is 20.9 Å². The van der Waals surface area contributed by atoms with Gasteiger partial charge in [-0.2, -0.15) is 5.10 Å². The molecule has 0 aromatic carbocycles. The molecule has 100 valence electrons. The van der Waals surface area contributed by atoms with Gasteiger partial charge in [0, 0.05) is 19.6 Å². The summed E-state index contributed by atoms with van der Waals surface area (Å²) in [6.07, 6.45) is 2.20. The first-order chi connectivity index (χ1) is 8.49. The van der Waals surface area contributed by atoms with Crippen LogP contribution in [-0.4, -0.2) is 27.8 Å². The number of hydrogen-bond acceptors (Lipinski definition) is 3. The van der Waals surface area contributed by atoms with Gasteiger partial charge in [-0.1, -0.05) is 11.6 Å². The predicted octanol–water partition coefficient (Wildman–Crippen LogP) is 1.14. The molecule has 6 heteroatoms. The van der Waals surface area contributed by atoms with E-state index in [2.05, 4.69) is 15.7 Å². The van der Waals surface area contributed by atoms with E-state index < -0.39 is 0 Å². The van der Waals surface area contributed by atoms with Crippen molar-refractivity contribution < 1.29 is 4.79 Å². The Bertz CT molecular complexity index is 453. The molecule has 1 fully saturated rings. The van der Waals surface area contributed by atoms with Crippen LogP contribution in [-0.2, 0) is 18.4 Å². The lowest BCUT2D eigenvalue weighted by atomic mass is 10.3. The van der Waals surface area contributed by atoms with Crippen molar-refractivity contribution >= 4 is 17.5 Å². The third-order valence-electron chi connectivity index (χ3n) is 3.15. The highest BCUT2D eigenvalue weighted by molar-refractivity contribution is 6.31. The van der Waals surface area contributed by atoms with Gasteiger partial charge < -0.3 is 10.6 Å². The summed E-state index contributed by atoms with van der Waals surface area (Å²) in [5.74, 6) is 0.0486. The Morgan fingerprint density at radius 2 is 2.28 bits per heavy atom. The van der Waals surface area contributed by atoms with Crippen LogP contribution in [0.25, 0.3) is 0 Å². The Kier molecular flexibility index (Phi) is 3.92. The maximum atomic E-state index is 11.8. The van der Waals surface area contributed by atoms with Crippen molar-refractivity contribution in [1.82, 2.24) is 20.4 Å². The van der Waals surface area contributed by atoms with Crippen molar-refractivity contribution in [3.63, 3.8) is 0 Å². The van der Waals surface area contributed by atoms with Crippen molar-refractivity contribution in [2.24, 2.45) is 7.05 Å². The molecule has 0 spiro atoms. The number of hydrogen-bond donors (Lipinski definition) is 2. The molecule has 1 saturated carbocycles. The summed E-state index contributed by atoms with van der Waals surface area (Å²) in [5.41, 5.74) is 1.71. The molecule has 0 saturated heterocycles. The van der Waals surface area contributed by atoms with Gasteiger partial charge in [-0.05, 0) is 26.7 Å².